The van der Waals surface area contributed by atoms with Crippen molar-refractivity contribution in [3.63, 3.8) is 0 Å². The summed E-state index contributed by atoms with van der Waals surface area (Å²) in [4.78, 5) is 7.66. The first kappa shape index (κ1) is 39.1. The fourth-order valence-corrected chi connectivity index (χ4v) is 5.17. The van der Waals surface area contributed by atoms with E-state index in [0.29, 0.717) is 0 Å². The number of nitrogens with zero attached hydrogens (tertiary/aromatic N) is 2. The van der Waals surface area contributed by atoms with Crippen LogP contribution in [0.2, 0.25) is 0 Å². The molecule has 264 valence electrons. The lowest BCUT2D eigenvalue weighted by molar-refractivity contribution is -0.317. The Morgan fingerprint density at radius 3 is 1.84 bits per heavy atom. The predicted molar refractivity (Wildman–Crippen MR) is 148 cm³/mol. The number of guanidine groups is 2. The lowest BCUT2D eigenvalue weighted by atomic mass is 9.81. The molecule has 15 atom stereocenters. The Morgan fingerprint density at radius 2 is 1.38 bits per heavy atom. The highest BCUT2D eigenvalue weighted by atomic mass is 32.3. The van der Waals surface area contributed by atoms with Crippen molar-refractivity contribution in [1.29, 1.82) is 0 Å². The molecular formula is C21H43N7O16S. The van der Waals surface area contributed by atoms with Crippen LogP contribution in [-0.4, -0.2) is 182 Å². The zero-order chi connectivity index (χ0) is 34.6. The molecule has 12 unspecified atom stereocenters. The highest BCUT2D eigenvalue weighted by Crippen LogP contribution is 2.39. The van der Waals surface area contributed by atoms with E-state index in [2.05, 4.69) is 15.3 Å². The molecule has 3 aliphatic rings. The number of rotatable bonds is 9. The van der Waals surface area contributed by atoms with E-state index in [1.165, 1.54) is 14.0 Å². The van der Waals surface area contributed by atoms with Crippen molar-refractivity contribution >= 4 is 22.3 Å². The molecule has 23 nitrogen and oxygen atoms in total. The molecular weight excluding hydrogens is 638 g/mol. The molecule has 0 spiro atoms. The minimum absolute atomic E-state index is 0.493. The van der Waals surface area contributed by atoms with Crippen LogP contribution in [0.3, 0.4) is 0 Å². The third-order valence-corrected chi connectivity index (χ3v) is 7.49. The van der Waals surface area contributed by atoms with Gasteiger partial charge in [-0.2, -0.15) is 8.42 Å². The Morgan fingerprint density at radius 1 is 0.844 bits per heavy atom. The van der Waals surface area contributed by atoms with E-state index in [9.17, 15) is 40.9 Å². The van der Waals surface area contributed by atoms with Gasteiger partial charge >= 0.3 is 10.4 Å². The van der Waals surface area contributed by atoms with Crippen molar-refractivity contribution in [3.8, 4) is 0 Å². The molecule has 1 saturated carbocycles. The number of aliphatic hydroxyl groups is 8. The molecule has 2 heterocycles. The summed E-state index contributed by atoms with van der Waals surface area (Å²) < 4.78 is 54.8. The number of hydrogen-bond donors (Lipinski definition) is 15. The van der Waals surface area contributed by atoms with Gasteiger partial charge in [-0.1, -0.05) is 0 Å². The van der Waals surface area contributed by atoms with E-state index in [1.807, 2.05) is 0 Å². The third-order valence-electron chi connectivity index (χ3n) is 7.49. The lowest BCUT2D eigenvalue weighted by Crippen LogP contribution is -2.66. The largest absolute Gasteiger partial charge is 0.394 e. The average Bonchev–Trinajstić information content (AvgIpc) is 3.16. The summed E-state index contributed by atoms with van der Waals surface area (Å²) in [5.41, 5.74) is 19.7. The fraction of sp³-hybridized carbons (Fsp3) is 0.905. The third kappa shape index (κ3) is 9.25. The number of nitrogens with two attached hydrogens (primary N) is 4. The molecule has 0 aromatic heterocycles. The van der Waals surface area contributed by atoms with Gasteiger partial charge in [0.25, 0.3) is 0 Å². The molecule has 1 aliphatic carbocycles. The number of likely N-dealkylation sites (N-methyl/N-ethyl adjacent to an activating group) is 1. The zero-order valence-corrected chi connectivity index (χ0v) is 24.8. The van der Waals surface area contributed by atoms with Gasteiger partial charge in [-0.25, -0.2) is 9.98 Å². The molecule has 19 N–H and O–H groups in total. The SMILES string of the molecule is CNC1C(OC2C(O[C@@H]3C(O)C(O)[C@@H](N=C(N)N)C(O)C3N=C(N)N)OC(C)[C@@]2(O)CO)OC(CO)C(O)C1O.O=S(=O)(O)O. The quantitative estimate of drug-likeness (QED) is 0.0610. The van der Waals surface area contributed by atoms with E-state index in [4.69, 9.17) is 59.4 Å². The molecule has 0 aromatic rings. The summed E-state index contributed by atoms with van der Waals surface area (Å²) in [6.07, 6.45) is -16.9. The van der Waals surface area contributed by atoms with E-state index >= 15 is 0 Å². The van der Waals surface area contributed by atoms with Gasteiger partial charge in [-0.05, 0) is 14.0 Å². The number of ether oxygens (including phenoxy) is 4. The topological polar surface area (TPSA) is 414 Å². The second-order valence-corrected chi connectivity index (χ2v) is 11.4. The Kier molecular flexibility index (Phi) is 13.6. The summed E-state index contributed by atoms with van der Waals surface area (Å²) in [6.45, 7) is -0.199. The number of aliphatic hydroxyl groups excluding tert-OH is 7. The van der Waals surface area contributed by atoms with Crippen LogP contribution in [0.1, 0.15) is 6.92 Å². The second kappa shape index (κ2) is 15.7. The normalized spacial score (nSPS) is 43.6. The summed E-state index contributed by atoms with van der Waals surface area (Å²) in [5, 5.41) is 87.0. The summed E-state index contributed by atoms with van der Waals surface area (Å²) in [5.74, 6) is -1.01. The van der Waals surface area contributed by atoms with Gasteiger partial charge in [0.2, 0.25) is 0 Å². The Hall–Kier alpha value is -2.11. The Balaban J connectivity index is 0.00000130. The van der Waals surface area contributed by atoms with Gasteiger partial charge in [0.05, 0.1) is 25.4 Å². The monoisotopic (exact) mass is 681 g/mol. The van der Waals surface area contributed by atoms with Crippen LogP contribution in [0.5, 0.6) is 0 Å². The first-order chi connectivity index (χ1) is 20.7. The molecule has 0 radical (unpaired) electrons. The van der Waals surface area contributed by atoms with E-state index in [1.54, 1.807) is 0 Å². The first-order valence-corrected chi connectivity index (χ1v) is 14.6. The standard InChI is InChI=1S/C21H41N7O12.H2O4S/c1-5-21(36,4-30)16(40-17-9(26-2)13(34)10(31)6(3-29)38-17)18(37-5)39-15-8(28-20(24)25)11(32)7(27-19(22)23)12(33)14(15)35;1-5(2,3)4/h5-18,26,29-36H,3-4H2,1-2H3,(H4,22,23,27)(H4,24,25,28);(H2,1,2,3,4)/t5?,6?,7-,8?,9?,10?,11?,12?,13?,14?,15-,16?,17?,18?,21-;/m0./s1. The van der Waals surface area contributed by atoms with Gasteiger partial charge < -0.3 is 88.1 Å². The van der Waals surface area contributed by atoms with Crippen LogP contribution in [0.15, 0.2) is 9.98 Å². The molecule has 0 amide bonds. The highest BCUT2D eigenvalue weighted by molar-refractivity contribution is 7.79. The van der Waals surface area contributed by atoms with Gasteiger partial charge in [0.1, 0.15) is 66.5 Å². The van der Waals surface area contributed by atoms with Crippen molar-refractivity contribution in [2.24, 2.45) is 32.9 Å². The maximum Gasteiger partial charge on any atom is 0.394 e. The number of nitrogens with one attached hydrogen (secondary N) is 1. The maximum atomic E-state index is 11.3. The minimum atomic E-state index is -4.67. The second-order valence-electron chi connectivity index (χ2n) is 10.5. The van der Waals surface area contributed by atoms with Gasteiger partial charge in [-0.3, -0.25) is 9.11 Å². The van der Waals surface area contributed by atoms with E-state index in [0.717, 1.165) is 0 Å². The van der Waals surface area contributed by atoms with Crippen LogP contribution in [0.4, 0.5) is 0 Å². The average molecular weight is 682 g/mol. The van der Waals surface area contributed by atoms with Crippen molar-refractivity contribution in [1.82, 2.24) is 5.32 Å². The maximum absolute atomic E-state index is 11.3. The van der Waals surface area contributed by atoms with Crippen molar-refractivity contribution < 1.29 is 77.3 Å². The summed E-state index contributed by atoms with van der Waals surface area (Å²) in [7, 11) is -3.23. The van der Waals surface area contributed by atoms with Crippen molar-refractivity contribution in [2.75, 3.05) is 20.3 Å². The fourth-order valence-electron chi connectivity index (χ4n) is 5.17. The molecule has 0 bridgehead atoms. The molecule has 24 heteroatoms. The molecule has 2 aliphatic heterocycles. The summed E-state index contributed by atoms with van der Waals surface area (Å²) >= 11 is 0. The molecule has 0 aromatic carbocycles. The minimum Gasteiger partial charge on any atom is -0.394 e. The number of hydrogen-bond acceptors (Lipinski definition) is 17. The molecule has 3 rings (SSSR count). The van der Waals surface area contributed by atoms with E-state index < -0.39 is 127 Å². The first-order valence-electron chi connectivity index (χ1n) is 13.2. The van der Waals surface area contributed by atoms with Gasteiger partial charge in [0, 0.05) is 0 Å². The Labute approximate surface area is 256 Å². The van der Waals surface area contributed by atoms with Crippen molar-refractivity contribution in [3.05, 3.63) is 0 Å². The Bertz CT molecular complexity index is 1120. The molecule has 2 saturated heterocycles. The smallest absolute Gasteiger partial charge is 0.394 e. The van der Waals surface area contributed by atoms with Crippen molar-refractivity contribution in [2.45, 2.75) is 98.2 Å². The molecule has 45 heavy (non-hydrogen) atoms. The summed E-state index contributed by atoms with van der Waals surface area (Å²) in [6, 6.07) is -4.00. The van der Waals surface area contributed by atoms with E-state index in [-0.39, 0.29) is 0 Å². The van der Waals surface area contributed by atoms with Crippen LogP contribution in [0.25, 0.3) is 0 Å². The van der Waals surface area contributed by atoms with Crippen LogP contribution in [-0.2, 0) is 29.3 Å². The predicted octanol–water partition coefficient (Wildman–Crippen LogP) is -9.02. The number of aliphatic imine (C=N–C) groups is 2. The van der Waals surface area contributed by atoms with Gasteiger partial charge in [-0.15, -0.1) is 0 Å². The molecule has 3 fully saturated rings. The van der Waals surface area contributed by atoms with Gasteiger partial charge in [0.15, 0.2) is 24.5 Å². The zero-order valence-electron chi connectivity index (χ0n) is 24.0. The lowest BCUT2D eigenvalue weighted by Gasteiger charge is -2.45. The highest BCUT2D eigenvalue weighted by Gasteiger charge is 2.60. The van der Waals surface area contributed by atoms with Crippen LogP contribution < -0.4 is 28.3 Å². The van der Waals surface area contributed by atoms with Crippen LogP contribution in [0, 0.1) is 0 Å². The van der Waals surface area contributed by atoms with Crippen LogP contribution >= 0.6 is 0 Å².